The van der Waals surface area contributed by atoms with Crippen molar-refractivity contribution in [3.05, 3.63) is 0 Å². The Labute approximate surface area is 90.4 Å². The summed E-state index contributed by atoms with van der Waals surface area (Å²) in [6, 6.07) is 0.0174. The minimum absolute atomic E-state index is 0.0174. The molecule has 3 N–H and O–H groups in total. The molecule has 1 amide bonds. The van der Waals surface area contributed by atoms with E-state index < -0.39 is 0 Å². The van der Waals surface area contributed by atoms with Crippen LogP contribution in [-0.2, 0) is 4.79 Å². The number of rotatable bonds is 3. The molecular formula is C11H20N2O2. The molecule has 1 aliphatic heterocycles. The van der Waals surface area contributed by atoms with E-state index in [1.165, 1.54) is 6.42 Å². The van der Waals surface area contributed by atoms with E-state index in [0.717, 1.165) is 38.8 Å². The molecule has 2 aliphatic rings. The second kappa shape index (κ2) is 4.94. The molecule has 1 saturated carbocycles. The van der Waals surface area contributed by atoms with E-state index in [2.05, 4.69) is 10.6 Å². The molecule has 4 nitrogen and oxygen atoms in total. The number of nitrogens with one attached hydrogen (secondary N) is 2. The zero-order valence-corrected chi connectivity index (χ0v) is 9.04. The molecule has 0 aromatic heterocycles. The molecule has 1 heterocycles. The van der Waals surface area contributed by atoms with Crippen molar-refractivity contribution in [2.24, 2.45) is 5.92 Å². The van der Waals surface area contributed by atoms with E-state index in [1.807, 2.05) is 0 Å². The minimum atomic E-state index is -0.125. The maximum Gasteiger partial charge on any atom is 0.237 e. The summed E-state index contributed by atoms with van der Waals surface area (Å²) >= 11 is 0. The molecule has 0 bridgehead atoms. The van der Waals surface area contributed by atoms with Crippen LogP contribution in [0.25, 0.3) is 0 Å². The van der Waals surface area contributed by atoms with Gasteiger partial charge in [0, 0.05) is 6.54 Å². The Morgan fingerprint density at radius 1 is 1.40 bits per heavy atom. The lowest BCUT2D eigenvalue weighted by Gasteiger charge is -2.32. The molecule has 15 heavy (non-hydrogen) atoms. The van der Waals surface area contributed by atoms with Crippen molar-refractivity contribution >= 4 is 5.91 Å². The highest BCUT2D eigenvalue weighted by Crippen LogP contribution is 2.26. The Kier molecular flexibility index (Phi) is 3.59. The number of carbonyl (C=O) groups excluding carboxylic acids is 1. The van der Waals surface area contributed by atoms with Crippen LogP contribution in [0.1, 0.15) is 32.1 Å². The summed E-state index contributed by atoms with van der Waals surface area (Å²) in [6.07, 6.45) is 4.85. The zero-order valence-electron chi connectivity index (χ0n) is 9.04. The second-order valence-electron chi connectivity index (χ2n) is 4.74. The molecule has 0 aromatic rings. The maximum atomic E-state index is 11.7. The molecule has 2 fully saturated rings. The van der Waals surface area contributed by atoms with Crippen molar-refractivity contribution in [3.63, 3.8) is 0 Å². The van der Waals surface area contributed by atoms with Crippen LogP contribution in [0.3, 0.4) is 0 Å². The molecule has 0 radical (unpaired) electrons. The van der Waals surface area contributed by atoms with Gasteiger partial charge in [-0.1, -0.05) is 6.42 Å². The fraction of sp³-hybridized carbons (Fsp3) is 0.909. The van der Waals surface area contributed by atoms with Gasteiger partial charge in [0.2, 0.25) is 5.91 Å². The number of hydrogen-bond acceptors (Lipinski definition) is 3. The van der Waals surface area contributed by atoms with E-state index in [9.17, 15) is 4.79 Å². The van der Waals surface area contributed by atoms with E-state index in [4.69, 9.17) is 5.11 Å². The van der Waals surface area contributed by atoms with Crippen molar-refractivity contribution in [2.45, 2.75) is 44.2 Å². The summed E-state index contributed by atoms with van der Waals surface area (Å²) in [5.74, 6) is 0.628. The second-order valence-corrected chi connectivity index (χ2v) is 4.74. The molecule has 86 valence electrons. The third kappa shape index (κ3) is 2.92. The van der Waals surface area contributed by atoms with Crippen LogP contribution in [0.2, 0.25) is 0 Å². The van der Waals surface area contributed by atoms with Crippen LogP contribution in [0.4, 0.5) is 0 Å². The molecule has 1 atom stereocenters. The van der Waals surface area contributed by atoms with E-state index >= 15 is 0 Å². The van der Waals surface area contributed by atoms with Gasteiger partial charge in [-0.3, -0.25) is 4.79 Å². The molecule has 4 heteroatoms. The van der Waals surface area contributed by atoms with Gasteiger partial charge >= 0.3 is 0 Å². The maximum absolute atomic E-state index is 11.7. The molecule has 0 spiro atoms. The first-order chi connectivity index (χ1) is 7.25. The Hall–Kier alpha value is -0.610. The van der Waals surface area contributed by atoms with E-state index in [-0.39, 0.29) is 18.1 Å². The lowest BCUT2D eigenvalue weighted by Crippen LogP contribution is -2.48. The lowest BCUT2D eigenvalue weighted by atomic mass is 9.82. The highest BCUT2D eigenvalue weighted by atomic mass is 16.3. The third-order valence-electron chi connectivity index (χ3n) is 3.40. The predicted molar refractivity (Wildman–Crippen MR) is 57.4 cm³/mol. The lowest BCUT2D eigenvalue weighted by molar-refractivity contribution is -0.124. The molecule has 1 aliphatic carbocycles. The molecule has 2 rings (SSSR count). The largest absolute Gasteiger partial charge is 0.393 e. The van der Waals surface area contributed by atoms with Gasteiger partial charge in [-0.2, -0.15) is 0 Å². The van der Waals surface area contributed by atoms with Crippen LogP contribution >= 0.6 is 0 Å². The Morgan fingerprint density at radius 3 is 2.80 bits per heavy atom. The molecule has 0 aromatic carbocycles. The average Bonchev–Trinajstić information content (AvgIpc) is 2.23. The number of aliphatic hydroxyl groups is 1. The SMILES string of the molecule is O=C(NCC1CC(O)C1)[C@@H]1CCCCN1. The summed E-state index contributed by atoms with van der Waals surface area (Å²) in [6.45, 7) is 1.69. The zero-order chi connectivity index (χ0) is 10.7. The predicted octanol–water partition coefficient (Wildman–Crippen LogP) is 0.0156. The Morgan fingerprint density at radius 2 is 2.20 bits per heavy atom. The number of aliphatic hydroxyl groups excluding tert-OH is 1. The first kappa shape index (κ1) is 10.9. The smallest absolute Gasteiger partial charge is 0.237 e. The van der Waals surface area contributed by atoms with Gasteiger partial charge in [0.15, 0.2) is 0 Å². The van der Waals surface area contributed by atoms with Gasteiger partial charge in [0.25, 0.3) is 0 Å². The van der Waals surface area contributed by atoms with Crippen LogP contribution in [0.5, 0.6) is 0 Å². The summed E-state index contributed by atoms with van der Waals surface area (Å²) in [5, 5.41) is 15.3. The van der Waals surface area contributed by atoms with Crippen LogP contribution in [0.15, 0.2) is 0 Å². The first-order valence-corrected chi connectivity index (χ1v) is 5.95. The monoisotopic (exact) mass is 212 g/mol. The van der Waals surface area contributed by atoms with Crippen LogP contribution < -0.4 is 10.6 Å². The van der Waals surface area contributed by atoms with Gasteiger partial charge in [-0.05, 0) is 38.1 Å². The summed E-state index contributed by atoms with van der Waals surface area (Å²) in [7, 11) is 0. The van der Waals surface area contributed by atoms with Crippen molar-refractivity contribution in [1.29, 1.82) is 0 Å². The summed E-state index contributed by atoms with van der Waals surface area (Å²) in [5.41, 5.74) is 0. The number of carbonyl (C=O) groups is 1. The fourth-order valence-corrected chi connectivity index (χ4v) is 2.31. The normalized spacial score (nSPS) is 35.7. The fourth-order valence-electron chi connectivity index (χ4n) is 2.31. The number of amides is 1. The first-order valence-electron chi connectivity index (χ1n) is 5.95. The van der Waals surface area contributed by atoms with Gasteiger partial charge in [0.1, 0.15) is 0 Å². The molecular weight excluding hydrogens is 192 g/mol. The third-order valence-corrected chi connectivity index (χ3v) is 3.40. The standard InChI is InChI=1S/C11H20N2O2/c14-9-5-8(6-9)7-13-11(15)10-3-1-2-4-12-10/h8-10,12,14H,1-7H2,(H,13,15)/t8?,9?,10-/m0/s1. The highest BCUT2D eigenvalue weighted by molar-refractivity contribution is 5.81. The van der Waals surface area contributed by atoms with Gasteiger partial charge < -0.3 is 15.7 Å². The molecule has 1 saturated heterocycles. The van der Waals surface area contributed by atoms with Crippen LogP contribution in [-0.4, -0.2) is 36.2 Å². The van der Waals surface area contributed by atoms with Crippen molar-refractivity contribution < 1.29 is 9.90 Å². The van der Waals surface area contributed by atoms with Gasteiger partial charge in [-0.15, -0.1) is 0 Å². The van der Waals surface area contributed by atoms with Crippen molar-refractivity contribution in [1.82, 2.24) is 10.6 Å². The highest BCUT2D eigenvalue weighted by Gasteiger charge is 2.28. The summed E-state index contributed by atoms with van der Waals surface area (Å²) in [4.78, 5) is 11.7. The summed E-state index contributed by atoms with van der Waals surface area (Å²) < 4.78 is 0. The Bertz CT molecular complexity index is 221. The van der Waals surface area contributed by atoms with Gasteiger partial charge in [-0.25, -0.2) is 0 Å². The Balaban J connectivity index is 1.63. The van der Waals surface area contributed by atoms with Crippen molar-refractivity contribution in [2.75, 3.05) is 13.1 Å². The van der Waals surface area contributed by atoms with Crippen LogP contribution in [0, 0.1) is 5.92 Å². The van der Waals surface area contributed by atoms with Crippen molar-refractivity contribution in [3.8, 4) is 0 Å². The number of piperidine rings is 1. The topological polar surface area (TPSA) is 61.4 Å². The number of hydrogen-bond donors (Lipinski definition) is 3. The molecule has 0 unspecified atom stereocenters. The van der Waals surface area contributed by atoms with Gasteiger partial charge in [0.05, 0.1) is 12.1 Å². The van der Waals surface area contributed by atoms with E-state index in [1.54, 1.807) is 0 Å². The minimum Gasteiger partial charge on any atom is -0.393 e. The van der Waals surface area contributed by atoms with E-state index in [0.29, 0.717) is 5.92 Å². The quantitative estimate of drug-likeness (QED) is 0.618. The average molecular weight is 212 g/mol.